The highest BCUT2D eigenvalue weighted by Crippen LogP contribution is 2.26. The molecule has 1 amide bonds. The third kappa shape index (κ3) is 5.20. The molecule has 0 bridgehead atoms. The van der Waals surface area contributed by atoms with Gasteiger partial charge in [-0.15, -0.1) is 22.7 Å². The minimum absolute atomic E-state index is 0.0567. The number of carbonyl (C=O) groups is 2. The lowest BCUT2D eigenvalue weighted by Crippen LogP contribution is -2.14. The van der Waals surface area contributed by atoms with Gasteiger partial charge >= 0.3 is 0 Å². The molecule has 0 fully saturated rings. The number of nitrogens with zero attached hydrogens (tertiary/aromatic N) is 2. The smallest absolute Gasteiger partial charge is 0.232 e. The summed E-state index contributed by atoms with van der Waals surface area (Å²) in [4.78, 5) is 33.2. The van der Waals surface area contributed by atoms with Gasteiger partial charge in [-0.05, 0) is 12.1 Å². The minimum atomic E-state index is -0.187. The first-order valence-corrected chi connectivity index (χ1v) is 11.4. The minimum Gasteiger partial charge on any atom is -0.463 e. The Hall–Kier alpha value is -2.75. The number of nitrogens with one attached hydrogen (secondary N) is 1. The van der Waals surface area contributed by atoms with Crippen LogP contribution in [0.25, 0.3) is 11.5 Å². The summed E-state index contributed by atoms with van der Waals surface area (Å²) >= 11 is 4.15. The quantitative estimate of drug-likeness (QED) is 0.305. The van der Waals surface area contributed by atoms with Crippen LogP contribution in [0.4, 0.5) is 5.13 Å². The largest absolute Gasteiger partial charge is 0.463 e. The molecule has 4 rings (SSSR count). The number of benzene rings is 1. The van der Waals surface area contributed by atoms with Gasteiger partial charge in [0.05, 0.1) is 24.1 Å². The Labute approximate surface area is 179 Å². The number of rotatable bonds is 8. The van der Waals surface area contributed by atoms with Gasteiger partial charge in [-0.1, -0.05) is 42.1 Å². The van der Waals surface area contributed by atoms with Crippen molar-refractivity contribution in [3.63, 3.8) is 0 Å². The zero-order chi connectivity index (χ0) is 20.1. The number of thioether (sulfide) groups is 1. The van der Waals surface area contributed by atoms with Crippen molar-refractivity contribution in [3.05, 3.63) is 70.7 Å². The van der Waals surface area contributed by atoms with E-state index < -0.39 is 0 Å². The summed E-state index contributed by atoms with van der Waals surface area (Å²) in [5, 5.41) is 6.97. The maximum absolute atomic E-state index is 12.3. The normalized spacial score (nSPS) is 10.8. The van der Waals surface area contributed by atoms with Crippen LogP contribution < -0.4 is 5.32 Å². The van der Waals surface area contributed by atoms with Crippen LogP contribution in [-0.2, 0) is 11.2 Å². The van der Waals surface area contributed by atoms with Crippen molar-refractivity contribution >= 4 is 51.3 Å². The van der Waals surface area contributed by atoms with E-state index in [0.717, 1.165) is 4.34 Å². The first-order valence-electron chi connectivity index (χ1n) is 8.62. The van der Waals surface area contributed by atoms with Crippen LogP contribution in [0, 0.1) is 0 Å². The lowest BCUT2D eigenvalue weighted by Gasteiger charge is -2.00. The number of hydrogen-bond donors (Lipinski definition) is 1. The molecule has 0 aliphatic rings. The summed E-state index contributed by atoms with van der Waals surface area (Å²) < 4.78 is 6.07. The summed E-state index contributed by atoms with van der Waals surface area (Å²) in [6.07, 6.45) is 1.73. The standard InChI is InChI=1S/C20H15N3O3S3/c24-16(13-5-2-1-3-6-13)12-29-20-21-14(10-28-20)9-18(25)23-19-22-15(11-27-19)17-7-4-8-26-17/h1-8,10-11H,9,12H2,(H,22,23,25). The van der Waals surface area contributed by atoms with Crippen molar-refractivity contribution in [2.24, 2.45) is 0 Å². The third-order valence-electron chi connectivity index (χ3n) is 3.82. The fourth-order valence-corrected chi connectivity index (χ4v) is 4.92. The second-order valence-corrected chi connectivity index (χ2v) is 8.86. The average molecular weight is 442 g/mol. The Morgan fingerprint density at radius 2 is 1.90 bits per heavy atom. The summed E-state index contributed by atoms with van der Waals surface area (Å²) in [6, 6.07) is 12.8. The fraction of sp³-hybridized carbons (Fsp3) is 0.100. The number of amides is 1. The molecule has 4 aromatic rings. The Balaban J connectivity index is 1.28. The lowest BCUT2D eigenvalue weighted by atomic mass is 10.2. The molecule has 6 nitrogen and oxygen atoms in total. The number of ketones is 1. The second-order valence-electron chi connectivity index (χ2n) is 5.92. The van der Waals surface area contributed by atoms with E-state index in [1.807, 2.05) is 35.0 Å². The Morgan fingerprint density at radius 3 is 2.69 bits per heavy atom. The highest BCUT2D eigenvalue weighted by atomic mass is 32.2. The van der Waals surface area contributed by atoms with Gasteiger partial charge in [-0.3, -0.25) is 9.59 Å². The molecule has 0 saturated heterocycles. The van der Waals surface area contributed by atoms with E-state index in [-0.39, 0.29) is 18.1 Å². The van der Waals surface area contributed by atoms with Crippen molar-refractivity contribution in [2.75, 3.05) is 11.1 Å². The van der Waals surface area contributed by atoms with Crippen molar-refractivity contribution in [3.8, 4) is 11.5 Å². The number of furan rings is 1. The van der Waals surface area contributed by atoms with E-state index >= 15 is 0 Å². The molecule has 3 aromatic heterocycles. The van der Waals surface area contributed by atoms with Gasteiger partial charge in [0.1, 0.15) is 5.69 Å². The predicted octanol–water partition coefficient (Wildman–Crippen LogP) is 5.02. The fourth-order valence-electron chi connectivity index (χ4n) is 2.47. The number of hydrogen-bond acceptors (Lipinski definition) is 8. The zero-order valence-electron chi connectivity index (χ0n) is 15.0. The second kappa shape index (κ2) is 9.17. The predicted molar refractivity (Wildman–Crippen MR) is 116 cm³/mol. The van der Waals surface area contributed by atoms with Gasteiger partial charge in [-0.2, -0.15) is 0 Å². The number of thiazole rings is 2. The van der Waals surface area contributed by atoms with Gasteiger partial charge < -0.3 is 9.73 Å². The molecule has 29 heavy (non-hydrogen) atoms. The molecule has 1 N–H and O–H groups in total. The summed E-state index contributed by atoms with van der Waals surface area (Å²) in [6.45, 7) is 0. The van der Waals surface area contributed by atoms with E-state index in [1.54, 1.807) is 24.5 Å². The topological polar surface area (TPSA) is 85.1 Å². The molecule has 0 atom stereocenters. The first kappa shape index (κ1) is 19.6. The van der Waals surface area contributed by atoms with Gasteiger partial charge in [0, 0.05) is 16.3 Å². The van der Waals surface area contributed by atoms with Crippen LogP contribution in [0.1, 0.15) is 16.1 Å². The van der Waals surface area contributed by atoms with Gasteiger partial charge in [-0.25, -0.2) is 9.97 Å². The molecule has 1 aromatic carbocycles. The lowest BCUT2D eigenvalue weighted by molar-refractivity contribution is -0.115. The van der Waals surface area contributed by atoms with Crippen LogP contribution in [0.3, 0.4) is 0 Å². The van der Waals surface area contributed by atoms with Crippen LogP contribution in [0.2, 0.25) is 0 Å². The van der Waals surface area contributed by atoms with Crippen LogP contribution in [0.5, 0.6) is 0 Å². The molecular formula is C20H15N3O3S3. The average Bonchev–Trinajstić information content (AvgIpc) is 3.48. The zero-order valence-corrected chi connectivity index (χ0v) is 17.5. The molecule has 0 unspecified atom stereocenters. The van der Waals surface area contributed by atoms with Gasteiger partial charge in [0.2, 0.25) is 5.91 Å². The number of Topliss-reactive ketones (excluding diaryl/α,β-unsaturated/α-hetero) is 1. The number of anilines is 1. The van der Waals surface area contributed by atoms with Crippen LogP contribution in [0.15, 0.2) is 68.2 Å². The van der Waals surface area contributed by atoms with Crippen molar-refractivity contribution in [1.29, 1.82) is 0 Å². The highest BCUT2D eigenvalue weighted by Gasteiger charge is 2.13. The van der Waals surface area contributed by atoms with E-state index in [4.69, 9.17) is 4.42 Å². The molecule has 3 heterocycles. The highest BCUT2D eigenvalue weighted by molar-refractivity contribution is 8.01. The van der Waals surface area contributed by atoms with Gasteiger partial charge in [0.25, 0.3) is 0 Å². The van der Waals surface area contributed by atoms with E-state index in [0.29, 0.717) is 33.6 Å². The summed E-state index contributed by atoms with van der Waals surface area (Å²) in [5.41, 5.74) is 2.05. The van der Waals surface area contributed by atoms with E-state index in [9.17, 15) is 9.59 Å². The summed E-state index contributed by atoms with van der Waals surface area (Å²) in [5.74, 6) is 0.847. The third-order valence-corrected chi connectivity index (χ3v) is 6.65. The summed E-state index contributed by atoms with van der Waals surface area (Å²) in [7, 11) is 0. The first-order chi connectivity index (χ1) is 14.2. The Bertz CT molecular complexity index is 1100. The van der Waals surface area contributed by atoms with E-state index in [2.05, 4.69) is 15.3 Å². The van der Waals surface area contributed by atoms with Crippen LogP contribution in [-0.4, -0.2) is 27.4 Å². The monoisotopic (exact) mass is 441 g/mol. The van der Waals surface area contributed by atoms with Crippen molar-refractivity contribution in [1.82, 2.24) is 9.97 Å². The maximum Gasteiger partial charge on any atom is 0.232 e. The molecule has 9 heteroatoms. The number of carbonyl (C=O) groups excluding carboxylic acids is 2. The molecule has 0 aliphatic carbocycles. The van der Waals surface area contributed by atoms with Gasteiger partial charge in [0.15, 0.2) is 21.0 Å². The number of aromatic nitrogens is 2. The molecule has 0 spiro atoms. The molecule has 0 aliphatic heterocycles. The van der Waals surface area contributed by atoms with Crippen LogP contribution >= 0.6 is 34.4 Å². The maximum atomic E-state index is 12.3. The Kier molecular flexibility index (Phi) is 6.18. The molecule has 146 valence electrons. The molecule has 0 radical (unpaired) electrons. The Morgan fingerprint density at radius 1 is 1.03 bits per heavy atom. The SMILES string of the molecule is O=C(Cc1csc(SCC(=O)c2ccccc2)n1)Nc1nc(-c2ccco2)cs1. The molecule has 0 saturated carbocycles. The van der Waals surface area contributed by atoms with E-state index in [1.165, 1.54) is 34.4 Å². The molecular weight excluding hydrogens is 426 g/mol. The van der Waals surface area contributed by atoms with Crippen molar-refractivity contribution in [2.45, 2.75) is 10.8 Å². The van der Waals surface area contributed by atoms with Crippen molar-refractivity contribution < 1.29 is 14.0 Å².